The summed E-state index contributed by atoms with van der Waals surface area (Å²) in [6.07, 6.45) is -2.30. The van der Waals surface area contributed by atoms with Gasteiger partial charge in [0.2, 0.25) is 0 Å². The number of carboxylic acid groups (broad SMARTS) is 1. The third-order valence-electron chi connectivity index (χ3n) is 3.59. The molecule has 1 aliphatic carbocycles. The quantitative estimate of drug-likeness (QED) is 0.888. The number of carbonyl (C=O) groups is 1. The van der Waals surface area contributed by atoms with Crippen LogP contribution in [0.15, 0.2) is 18.5 Å². The molecule has 18 heavy (non-hydrogen) atoms. The first-order valence-corrected chi connectivity index (χ1v) is 5.41. The summed E-state index contributed by atoms with van der Waals surface area (Å²) in [6.45, 7) is 3.31. The zero-order valence-corrected chi connectivity index (χ0v) is 9.82. The molecule has 1 N–H and O–H groups in total. The molecule has 6 heteroatoms. The van der Waals surface area contributed by atoms with Crippen LogP contribution in [0.25, 0.3) is 0 Å². The van der Waals surface area contributed by atoms with Crippen molar-refractivity contribution in [1.82, 2.24) is 4.98 Å². The summed E-state index contributed by atoms with van der Waals surface area (Å²) in [6, 6.07) is 0.892. The minimum atomic E-state index is -4.49. The molecular weight excluding hydrogens is 247 g/mol. The predicted molar refractivity (Wildman–Crippen MR) is 56.9 cm³/mol. The summed E-state index contributed by atoms with van der Waals surface area (Å²) in [5.74, 6) is -2.50. The van der Waals surface area contributed by atoms with E-state index < -0.39 is 35.0 Å². The molecule has 1 aromatic rings. The van der Waals surface area contributed by atoms with E-state index >= 15 is 0 Å². The van der Waals surface area contributed by atoms with Crippen LogP contribution >= 0.6 is 0 Å². The van der Waals surface area contributed by atoms with E-state index in [-0.39, 0.29) is 5.56 Å². The van der Waals surface area contributed by atoms with Crippen molar-refractivity contribution in [2.45, 2.75) is 25.9 Å². The van der Waals surface area contributed by atoms with Gasteiger partial charge in [0.25, 0.3) is 0 Å². The van der Waals surface area contributed by atoms with E-state index in [1.165, 1.54) is 0 Å². The van der Waals surface area contributed by atoms with Crippen LogP contribution in [0, 0.1) is 11.3 Å². The number of alkyl halides is 3. The summed E-state index contributed by atoms with van der Waals surface area (Å²) in [7, 11) is 0. The molecule has 1 aromatic heterocycles. The molecule has 2 unspecified atom stereocenters. The first-order chi connectivity index (χ1) is 8.17. The van der Waals surface area contributed by atoms with Crippen molar-refractivity contribution in [3.63, 3.8) is 0 Å². The Morgan fingerprint density at radius 1 is 1.44 bits per heavy atom. The average molecular weight is 259 g/mol. The number of pyridine rings is 1. The molecule has 1 heterocycles. The van der Waals surface area contributed by atoms with E-state index in [1.54, 1.807) is 13.8 Å². The van der Waals surface area contributed by atoms with Gasteiger partial charge in [-0.1, -0.05) is 13.8 Å². The molecule has 98 valence electrons. The minimum absolute atomic E-state index is 0.0256. The normalized spacial score (nSPS) is 25.8. The van der Waals surface area contributed by atoms with Crippen molar-refractivity contribution < 1.29 is 23.1 Å². The second-order valence-electron chi connectivity index (χ2n) is 5.08. The van der Waals surface area contributed by atoms with Crippen LogP contribution in [-0.4, -0.2) is 16.1 Å². The average Bonchev–Trinajstić information content (AvgIpc) is 2.80. The maximum Gasteiger partial charge on any atom is 0.416 e. The number of hydrogen-bond acceptors (Lipinski definition) is 2. The number of carboxylic acids is 1. The monoisotopic (exact) mass is 259 g/mol. The smallest absolute Gasteiger partial charge is 0.416 e. The summed E-state index contributed by atoms with van der Waals surface area (Å²) in [5.41, 5.74) is -1.49. The van der Waals surface area contributed by atoms with Crippen LogP contribution in [0.3, 0.4) is 0 Å². The molecule has 3 nitrogen and oxygen atoms in total. The fourth-order valence-corrected chi connectivity index (χ4v) is 2.59. The molecule has 1 fully saturated rings. The van der Waals surface area contributed by atoms with E-state index in [9.17, 15) is 18.0 Å². The van der Waals surface area contributed by atoms with Crippen LogP contribution in [0.5, 0.6) is 0 Å². The molecule has 2 rings (SSSR count). The lowest BCUT2D eigenvalue weighted by molar-refractivity contribution is -0.140. The van der Waals surface area contributed by atoms with E-state index in [1.807, 2.05) is 0 Å². The number of halogens is 3. The summed E-state index contributed by atoms with van der Waals surface area (Å²) in [5, 5.41) is 9.01. The lowest BCUT2D eigenvalue weighted by atomic mass is 10.00. The Morgan fingerprint density at radius 2 is 2.06 bits per heavy atom. The SMILES string of the molecule is CC1(C)C(C(=O)O)C1c1cnccc1C(F)(F)F. The predicted octanol–water partition coefficient (Wildman–Crippen LogP) is 2.92. The Balaban J connectivity index is 2.46. The van der Waals surface area contributed by atoms with E-state index in [0.29, 0.717) is 0 Å². The van der Waals surface area contributed by atoms with E-state index in [4.69, 9.17) is 5.11 Å². The lowest BCUT2D eigenvalue weighted by Gasteiger charge is -2.12. The molecule has 2 atom stereocenters. The molecule has 0 aliphatic heterocycles. The second kappa shape index (κ2) is 3.70. The Kier molecular flexibility index (Phi) is 2.64. The number of aromatic nitrogens is 1. The molecule has 0 bridgehead atoms. The van der Waals surface area contributed by atoms with Gasteiger partial charge in [-0.05, 0) is 17.0 Å². The zero-order chi connectivity index (χ0) is 13.7. The van der Waals surface area contributed by atoms with Gasteiger partial charge >= 0.3 is 12.1 Å². The van der Waals surface area contributed by atoms with Gasteiger partial charge in [-0.25, -0.2) is 0 Å². The van der Waals surface area contributed by atoms with Crippen LogP contribution < -0.4 is 0 Å². The summed E-state index contributed by atoms with van der Waals surface area (Å²) >= 11 is 0. The Labute approximate surface area is 102 Å². The minimum Gasteiger partial charge on any atom is -0.481 e. The number of aliphatic carboxylic acids is 1. The molecule has 1 aliphatic rings. The first kappa shape index (κ1) is 12.9. The van der Waals surface area contributed by atoms with Gasteiger partial charge in [-0.2, -0.15) is 13.2 Å². The van der Waals surface area contributed by atoms with Crippen LogP contribution in [0.4, 0.5) is 13.2 Å². The number of rotatable bonds is 2. The van der Waals surface area contributed by atoms with Crippen molar-refractivity contribution in [1.29, 1.82) is 0 Å². The van der Waals surface area contributed by atoms with Crippen molar-refractivity contribution in [2.75, 3.05) is 0 Å². The third-order valence-corrected chi connectivity index (χ3v) is 3.59. The highest BCUT2D eigenvalue weighted by molar-refractivity contribution is 5.77. The Bertz CT molecular complexity index is 496. The standard InChI is InChI=1S/C12H12F3NO2/c1-11(2)8(9(11)10(17)18)6-5-16-4-3-7(6)12(13,14)15/h3-5,8-9H,1-2H3,(H,17,18). The van der Waals surface area contributed by atoms with Gasteiger partial charge in [0.05, 0.1) is 11.5 Å². The van der Waals surface area contributed by atoms with E-state index in [0.717, 1.165) is 18.5 Å². The number of nitrogens with zero attached hydrogens (tertiary/aromatic N) is 1. The maximum atomic E-state index is 12.8. The fraction of sp³-hybridized carbons (Fsp3) is 0.500. The van der Waals surface area contributed by atoms with Crippen molar-refractivity contribution in [2.24, 2.45) is 11.3 Å². The van der Waals surface area contributed by atoms with Gasteiger partial charge in [-0.3, -0.25) is 9.78 Å². The molecule has 0 amide bonds. The zero-order valence-electron chi connectivity index (χ0n) is 9.82. The largest absolute Gasteiger partial charge is 0.481 e. The summed E-state index contributed by atoms with van der Waals surface area (Å²) < 4.78 is 38.5. The highest BCUT2D eigenvalue weighted by atomic mass is 19.4. The molecule has 0 radical (unpaired) electrons. The van der Waals surface area contributed by atoms with Gasteiger partial charge < -0.3 is 5.11 Å². The van der Waals surface area contributed by atoms with Crippen LogP contribution in [-0.2, 0) is 11.0 Å². The highest BCUT2D eigenvalue weighted by Gasteiger charge is 2.64. The Morgan fingerprint density at radius 3 is 2.50 bits per heavy atom. The molecule has 0 aromatic carbocycles. The lowest BCUT2D eigenvalue weighted by Crippen LogP contribution is -2.10. The van der Waals surface area contributed by atoms with Crippen molar-refractivity contribution in [3.8, 4) is 0 Å². The molecule has 1 saturated carbocycles. The fourth-order valence-electron chi connectivity index (χ4n) is 2.59. The summed E-state index contributed by atoms with van der Waals surface area (Å²) in [4.78, 5) is 14.7. The van der Waals surface area contributed by atoms with Crippen molar-refractivity contribution >= 4 is 5.97 Å². The van der Waals surface area contributed by atoms with Crippen LogP contribution in [0.1, 0.15) is 30.9 Å². The first-order valence-electron chi connectivity index (χ1n) is 5.41. The molecule has 0 saturated heterocycles. The van der Waals surface area contributed by atoms with Gasteiger partial charge in [0, 0.05) is 18.3 Å². The second-order valence-corrected chi connectivity index (χ2v) is 5.08. The highest BCUT2D eigenvalue weighted by Crippen LogP contribution is 2.65. The van der Waals surface area contributed by atoms with Gasteiger partial charge in [-0.15, -0.1) is 0 Å². The molecular formula is C12H12F3NO2. The third kappa shape index (κ3) is 1.85. The van der Waals surface area contributed by atoms with Gasteiger partial charge in [0.1, 0.15) is 0 Å². The Hall–Kier alpha value is -1.59. The topological polar surface area (TPSA) is 50.2 Å². The molecule has 0 spiro atoms. The van der Waals surface area contributed by atoms with Crippen LogP contribution in [0.2, 0.25) is 0 Å². The van der Waals surface area contributed by atoms with Gasteiger partial charge in [0.15, 0.2) is 0 Å². The number of hydrogen-bond donors (Lipinski definition) is 1. The van der Waals surface area contributed by atoms with E-state index in [2.05, 4.69) is 4.98 Å². The van der Waals surface area contributed by atoms with Crippen molar-refractivity contribution in [3.05, 3.63) is 29.6 Å². The maximum absolute atomic E-state index is 12.8.